The number of para-hydroxylation sites is 1. The molecular weight excluding hydrogens is 322 g/mol. The molecule has 4 nitrogen and oxygen atoms in total. The highest BCUT2D eigenvalue weighted by atomic mass is 32.2. The minimum atomic E-state index is -0.892. The highest BCUT2D eigenvalue weighted by molar-refractivity contribution is 7.99. The van der Waals surface area contributed by atoms with Gasteiger partial charge in [-0.15, -0.1) is 11.8 Å². The quantitative estimate of drug-likeness (QED) is 0.675. The van der Waals surface area contributed by atoms with Gasteiger partial charge in [0.15, 0.2) is 0 Å². The summed E-state index contributed by atoms with van der Waals surface area (Å²) in [5, 5.41) is 12.3. The third kappa shape index (κ3) is 5.58. The standard InChI is InChI=1S/C19H23NO3S/c1-14(13-24-18-6-4-3-5-17(18)23-2)11-20-12-15-7-9-16(10-8-15)19(21)22/h3-10,14,20H,11-13H2,1-2H3,(H,21,22). The summed E-state index contributed by atoms with van der Waals surface area (Å²) in [4.78, 5) is 12.0. The van der Waals surface area contributed by atoms with Crippen molar-refractivity contribution >= 4 is 17.7 Å². The Morgan fingerprint density at radius 2 is 1.92 bits per heavy atom. The summed E-state index contributed by atoms with van der Waals surface area (Å²) in [6.45, 7) is 3.86. The predicted octanol–water partition coefficient (Wildman–Crippen LogP) is 3.91. The lowest BCUT2D eigenvalue weighted by atomic mass is 10.1. The Morgan fingerprint density at radius 3 is 2.58 bits per heavy atom. The van der Waals surface area contributed by atoms with Gasteiger partial charge in [0.25, 0.3) is 0 Å². The van der Waals surface area contributed by atoms with Gasteiger partial charge in [-0.25, -0.2) is 4.79 Å². The molecule has 0 aromatic heterocycles. The fourth-order valence-electron chi connectivity index (χ4n) is 2.26. The summed E-state index contributed by atoms with van der Waals surface area (Å²) >= 11 is 1.80. The van der Waals surface area contributed by atoms with E-state index >= 15 is 0 Å². The summed E-state index contributed by atoms with van der Waals surface area (Å²) in [5.41, 5.74) is 1.41. The van der Waals surface area contributed by atoms with Crippen LogP contribution in [0.25, 0.3) is 0 Å². The van der Waals surface area contributed by atoms with E-state index in [1.807, 2.05) is 30.3 Å². The molecule has 2 aromatic rings. The molecule has 0 saturated heterocycles. The second kappa shape index (κ2) is 9.35. The highest BCUT2D eigenvalue weighted by Crippen LogP contribution is 2.29. The molecule has 0 aliphatic carbocycles. The SMILES string of the molecule is COc1ccccc1SCC(C)CNCc1ccc(C(=O)O)cc1. The average molecular weight is 345 g/mol. The summed E-state index contributed by atoms with van der Waals surface area (Å²) < 4.78 is 5.36. The van der Waals surface area contributed by atoms with Crippen molar-refractivity contribution < 1.29 is 14.6 Å². The number of carbonyl (C=O) groups is 1. The van der Waals surface area contributed by atoms with Crippen LogP contribution in [0.4, 0.5) is 0 Å². The largest absolute Gasteiger partial charge is 0.496 e. The minimum absolute atomic E-state index is 0.320. The van der Waals surface area contributed by atoms with E-state index in [9.17, 15) is 4.79 Å². The van der Waals surface area contributed by atoms with Crippen LogP contribution < -0.4 is 10.1 Å². The monoisotopic (exact) mass is 345 g/mol. The van der Waals surface area contributed by atoms with Crippen molar-refractivity contribution in [2.24, 2.45) is 5.92 Å². The van der Waals surface area contributed by atoms with Gasteiger partial charge in [0.2, 0.25) is 0 Å². The molecule has 0 amide bonds. The van der Waals surface area contributed by atoms with E-state index in [1.165, 1.54) is 0 Å². The number of carboxylic acids is 1. The molecule has 0 aliphatic heterocycles. The number of thioether (sulfide) groups is 1. The first-order chi connectivity index (χ1) is 11.6. The molecule has 0 spiro atoms. The highest BCUT2D eigenvalue weighted by Gasteiger charge is 2.07. The summed E-state index contributed by atoms with van der Waals surface area (Å²) in [5.74, 6) is 1.54. The third-order valence-electron chi connectivity index (χ3n) is 3.62. The second-order valence-corrected chi connectivity index (χ2v) is 6.76. The van der Waals surface area contributed by atoms with E-state index in [-0.39, 0.29) is 0 Å². The van der Waals surface area contributed by atoms with Gasteiger partial charge < -0.3 is 15.2 Å². The van der Waals surface area contributed by atoms with Gasteiger partial charge in [0.1, 0.15) is 5.75 Å². The molecule has 0 fully saturated rings. The molecule has 0 bridgehead atoms. The van der Waals surface area contributed by atoms with Crippen molar-refractivity contribution in [1.82, 2.24) is 5.32 Å². The van der Waals surface area contributed by atoms with Gasteiger partial charge in [-0.1, -0.05) is 31.2 Å². The smallest absolute Gasteiger partial charge is 0.335 e. The topological polar surface area (TPSA) is 58.6 Å². The third-order valence-corrected chi connectivity index (χ3v) is 5.00. The lowest BCUT2D eigenvalue weighted by Gasteiger charge is -2.14. The lowest BCUT2D eigenvalue weighted by molar-refractivity contribution is 0.0697. The number of aromatic carboxylic acids is 1. The Hall–Kier alpha value is -1.98. The van der Waals surface area contributed by atoms with Crippen LogP contribution in [0.15, 0.2) is 53.4 Å². The number of methoxy groups -OCH3 is 1. The van der Waals surface area contributed by atoms with Gasteiger partial charge >= 0.3 is 5.97 Å². The second-order valence-electron chi connectivity index (χ2n) is 5.70. The molecule has 5 heteroatoms. The molecule has 0 heterocycles. The van der Waals surface area contributed by atoms with Crippen LogP contribution in [0.5, 0.6) is 5.75 Å². The first-order valence-electron chi connectivity index (χ1n) is 7.89. The van der Waals surface area contributed by atoms with Gasteiger partial charge in [0.05, 0.1) is 12.7 Å². The van der Waals surface area contributed by atoms with Crippen LogP contribution in [0.2, 0.25) is 0 Å². The molecular formula is C19H23NO3S. The lowest BCUT2D eigenvalue weighted by Crippen LogP contribution is -2.22. The van der Waals surface area contributed by atoms with Crippen molar-refractivity contribution in [3.63, 3.8) is 0 Å². The predicted molar refractivity (Wildman–Crippen MR) is 98.0 cm³/mol. The fourth-order valence-corrected chi connectivity index (χ4v) is 3.31. The Bertz CT molecular complexity index is 658. The molecule has 128 valence electrons. The molecule has 2 N–H and O–H groups in total. The first kappa shape index (κ1) is 18.4. The van der Waals surface area contributed by atoms with E-state index in [0.717, 1.165) is 35.1 Å². The molecule has 1 atom stereocenters. The maximum absolute atomic E-state index is 10.8. The number of benzene rings is 2. The van der Waals surface area contributed by atoms with Crippen LogP contribution >= 0.6 is 11.8 Å². The Kier molecular flexibility index (Phi) is 7.15. The molecule has 2 rings (SSSR count). The summed E-state index contributed by atoms with van der Waals surface area (Å²) in [7, 11) is 1.69. The molecule has 2 aromatic carbocycles. The fraction of sp³-hybridized carbons (Fsp3) is 0.316. The van der Waals surface area contributed by atoms with Crippen LogP contribution in [0.1, 0.15) is 22.8 Å². The number of hydrogen-bond donors (Lipinski definition) is 2. The minimum Gasteiger partial charge on any atom is -0.496 e. The first-order valence-corrected chi connectivity index (χ1v) is 8.87. The van der Waals surface area contributed by atoms with E-state index in [0.29, 0.717) is 11.5 Å². The van der Waals surface area contributed by atoms with Crippen LogP contribution in [0, 0.1) is 5.92 Å². The van der Waals surface area contributed by atoms with Crippen molar-refractivity contribution in [3.05, 3.63) is 59.7 Å². The number of carboxylic acid groups (broad SMARTS) is 1. The Labute approximate surface area is 147 Å². The number of rotatable bonds is 9. The number of nitrogens with one attached hydrogen (secondary N) is 1. The van der Waals surface area contributed by atoms with Crippen molar-refractivity contribution in [2.75, 3.05) is 19.4 Å². The van der Waals surface area contributed by atoms with E-state index < -0.39 is 5.97 Å². The zero-order valence-corrected chi connectivity index (χ0v) is 14.8. The average Bonchev–Trinajstić information content (AvgIpc) is 2.60. The molecule has 0 saturated carbocycles. The molecule has 1 unspecified atom stereocenters. The maximum Gasteiger partial charge on any atom is 0.335 e. The molecule has 0 radical (unpaired) electrons. The van der Waals surface area contributed by atoms with E-state index in [1.54, 1.807) is 31.0 Å². The van der Waals surface area contributed by atoms with Gasteiger partial charge in [-0.05, 0) is 42.3 Å². The molecule has 0 aliphatic rings. The Balaban J connectivity index is 1.73. The zero-order valence-electron chi connectivity index (χ0n) is 14.0. The normalized spacial score (nSPS) is 11.9. The van der Waals surface area contributed by atoms with E-state index in [4.69, 9.17) is 9.84 Å². The molecule has 24 heavy (non-hydrogen) atoms. The van der Waals surface area contributed by atoms with Gasteiger partial charge in [-0.3, -0.25) is 0 Å². The Morgan fingerprint density at radius 1 is 1.21 bits per heavy atom. The number of hydrogen-bond acceptors (Lipinski definition) is 4. The maximum atomic E-state index is 10.8. The number of ether oxygens (including phenoxy) is 1. The summed E-state index contributed by atoms with van der Waals surface area (Å²) in [6, 6.07) is 15.0. The van der Waals surface area contributed by atoms with Crippen molar-refractivity contribution in [3.8, 4) is 5.75 Å². The van der Waals surface area contributed by atoms with E-state index in [2.05, 4.69) is 18.3 Å². The van der Waals surface area contributed by atoms with Crippen LogP contribution in [-0.4, -0.2) is 30.5 Å². The van der Waals surface area contributed by atoms with Crippen molar-refractivity contribution in [2.45, 2.75) is 18.4 Å². The summed E-state index contributed by atoms with van der Waals surface area (Å²) in [6.07, 6.45) is 0. The van der Waals surface area contributed by atoms with Gasteiger partial charge in [0, 0.05) is 17.2 Å². The van der Waals surface area contributed by atoms with Crippen LogP contribution in [-0.2, 0) is 6.54 Å². The van der Waals surface area contributed by atoms with Crippen LogP contribution in [0.3, 0.4) is 0 Å². The van der Waals surface area contributed by atoms with Crippen molar-refractivity contribution in [1.29, 1.82) is 0 Å². The zero-order chi connectivity index (χ0) is 17.4. The van der Waals surface area contributed by atoms with Gasteiger partial charge in [-0.2, -0.15) is 0 Å².